The number of aliphatic hydroxyl groups is 2. The largest absolute Gasteiger partial charge is 0.508 e. The average Bonchev–Trinajstić information content (AvgIpc) is 3.51. The Bertz CT molecular complexity index is 1400. The Balaban J connectivity index is 0.000000145. The highest BCUT2D eigenvalue weighted by Crippen LogP contribution is 2.67. The van der Waals surface area contributed by atoms with Crippen LogP contribution in [0.5, 0.6) is 5.75 Å². The normalized spacial score (nSPS) is 46.1. The zero-order valence-electron chi connectivity index (χ0n) is 28.0. The number of ketones is 1. The van der Waals surface area contributed by atoms with E-state index < -0.39 is 11.2 Å². The molecule has 3 N–H and O–H groups in total. The molecule has 0 spiro atoms. The van der Waals surface area contributed by atoms with E-state index in [2.05, 4.69) is 32.8 Å². The molecule has 0 unspecified atom stereocenters. The van der Waals surface area contributed by atoms with Crippen molar-refractivity contribution in [1.82, 2.24) is 0 Å². The molecule has 7 aliphatic rings. The third-order valence-corrected chi connectivity index (χ3v) is 15.6. The maximum Gasteiger partial charge on any atom is 0.155 e. The van der Waals surface area contributed by atoms with E-state index in [4.69, 9.17) is 6.42 Å². The second kappa shape index (κ2) is 11.3. The number of carbonyl (C=O) groups excluding carboxylic acids is 1. The molecule has 7 aliphatic carbocycles. The predicted molar refractivity (Wildman–Crippen MR) is 178 cm³/mol. The number of rotatable bonds is 2. The van der Waals surface area contributed by atoms with Crippen molar-refractivity contribution in [3.8, 4) is 18.1 Å². The maximum atomic E-state index is 11.8. The molecule has 0 heterocycles. The first kappa shape index (κ1) is 31.5. The minimum atomic E-state index is -0.893. The molecule has 5 fully saturated rings. The molecule has 1 aromatic rings. The zero-order chi connectivity index (χ0) is 31.8. The molecule has 0 amide bonds. The highest BCUT2D eigenvalue weighted by Gasteiger charge is 2.63. The first-order valence-electron chi connectivity index (χ1n) is 18.5. The van der Waals surface area contributed by atoms with Crippen molar-refractivity contribution in [2.24, 2.45) is 46.3 Å². The summed E-state index contributed by atoms with van der Waals surface area (Å²) in [6.07, 6.45) is 24.6. The number of hydrogen-bond donors (Lipinski definition) is 3. The summed E-state index contributed by atoms with van der Waals surface area (Å²) in [4.78, 5) is 11.8. The Labute approximate surface area is 271 Å². The molecule has 0 aliphatic heterocycles. The number of fused-ring (bicyclic) bond motifs is 10. The Hall–Kier alpha value is -2.09. The van der Waals surface area contributed by atoms with Crippen molar-refractivity contribution < 1.29 is 20.1 Å². The van der Waals surface area contributed by atoms with E-state index >= 15 is 0 Å². The monoisotopic (exact) mass is 612 g/mol. The van der Waals surface area contributed by atoms with Crippen LogP contribution in [0, 0.1) is 58.7 Å². The quantitative estimate of drug-likeness (QED) is 0.294. The molecule has 0 bridgehead atoms. The molecular formula is C41H56O4. The summed E-state index contributed by atoms with van der Waals surface area (Å²) < 4.78 is 0. The van der Waals surface area contributed by atoms with E-state index in [9.17, 15) is 20.1 Å². The van der Waals surface area contributed by atoms with Gasteiger partial charge in [0.2, 0.25) is 0 Å². The van der Waals surface area contributed by atoms with Gasteiger partial charge in [-0.25, -0.2) is 0 Å². The number of allylic oxidation sites excluding steroid dienone is 1. The summed E-state index contributed by atoms with van der Waals surface area (Å²) in [5, 5.41) is 32.0. The van der Waals surface area contributed by atoms with Crippen molar-refractivity contribution in [3.63, 3.8) is 0 Å². The lowest BCUT2D eigenvalue weighted by molar-refractivity contribution is -0.117. The number of aryl methyl sites for hydroxylation is 1. The lowest BCUT2D eigenvalue weighted by Gasteiger charge is -2.55. The molecule has 244 valence electrons. The number of phenolic OH excluding ortho intramolecular Hbond substituents is 1. The molecule has 11 atom stereocenters. The maximum absolute atomic E-state index is 11.8. The van der Waals surface area contributed by atoms with Gasteiger partial charge in [-0.05, 0) is 172 Å². The number of carbonyl (C=O) groups is 1. The molecule has 45 heavy (non-hydrogen) atoms. The van der Waals surface area contributed by atoms with Crippen LogP contribution in [0.4, 0.5) is 0 Å². The Morgan fingerprint density at radius 2 is 1.60 bits per heavy atom. The molecule has 4 nitrogen and oxygen atoms in total. The van der Waals surface area contributed by atoms with Gasteiger partial charge in [-0.15, -0.1) is 6.42 Å². The Morgan fingerprint density at radius 3 is 2.36 bits per heavy atom. The number of phenols is 1. The first-order valence-corrected chi connectivity index (χ1v) is 18.5. The van der Waals surface area contributed by atoms with Crippen molar-refractivity contribution in [3.05, 3.63) is 41.0 Å². The molecular weight excluding hydrogens is 556 g/mol. The number of benzene rings is 1. The van der Waals surface area contributed by atoms with Gasteiger partial charge < -0.3 is 15.3 Å². The van der Waals surface area contributed by atoms with Crippen LogP contribution in [-0.4, -0.2) is 32.3 Å². The second-order valence-electron chi connectivity index (χ2n) is 16.6. The fourth-order valence-corrected chi connectivity index (χ4v) is 13.2. The van der Waals surface area contributed by atoms with Gasteiger partial charge in [0.15, 0.2) is 5.78 Å². The molecule has 4 heteroatoms. The topological polar surface area (TPSA) is 77.8 Å². The summed E-state index contributed by atoms with van der Waals surface area (Å²) in [5.74, 6) is 8.16. The molecule has 0 aromatic heterocycles. The lowest BCUT2D eigenvalue weighted by Crippen LogP contribution is -2.53. The number of terminal acetylenes is 1. The van der Waals surface area contributed by atoms with Crippen LogP contribution in [0.25, 0.3) is 0 Å². The van der Waals surface area contributed by atoms with E-state index in [1.807, 2.05) is 18.2 Å². The highest BCUT2D eigenvalue weighted by molar-refractivity contribution is 5.91. The highest BCUT2D eigenvalue weighted by atomic mass is 16.3. The summed E-state index contributed by atoms with van der Waals surface area (Å²) in [5.41, 5.74) is 2.97. The molecule has 0 radical (unpaired) electrons. The van der Waals surface area contributed by atoms with Crippen LogP contribution in [0.15, 0.2) is 29.8 Å². The lowest BCUT2D eigenvalue weighted by atomic mass is 9.49. The van der Waals surface area contributed by atoms with Crippen LogP contribution in [0.1, 0.15) is 134 Å². The SMILES string of the molecule is C#C[C@]1(O)CC[C@H]2[C@@H]3CCC4=CC(=O)CC[C@@H]4[C@H]3CC[C@@]21CC.CC[C@]1(O)CC[C@H]2[C@@H]3CCc4cc(O)ccc4[C@H]3CC[C@@]21C. The Kier molecular flexibility index (Phi) is 7.89. The third kappa shape index (κ3) is 4.57. The summed E-state index contributed by atoms with van der Waals surface area (Å²) in [6, 6.07) is 5.98. The van der Waals surface area contributed by atoms with E-state index in [0.29, 0.717) is 47.0 Å². The van der Waals surface area contributed by atoms with Crippen molar-refractivity contribution in [2.75, 3.05) is 0 Å². The van der Waals surface area contributed by atoms with Gasteiger partial charge in [-0.3, -0.25) is 4.79 Å². The Morgan fingerprint density at radius 1 is 0.822 bits per heavy atom. The van der Waals surface area contributed by atoms with Crippen LogP contribution >= 0.6 is 0 Å². The molecule has 1 aromatic carbocycles. The fourth-order valence-electron chi connectivity index (χ4n) is 13.2. The van der Waals surface area contributed by atoms with Crippen LogP contribution in [-0.2, 0) is 11.2 Å². The van der Waals surface area contributed by atoms with Crippen molar-refractivity contribution in [1.29, 1.82) is 0 Å². The van der Waals surface area contributed by atoms with Gasteiger partial charge in [0.25, 0.3) is 0 Å². The molecule has 8 rings (SSSR count). The van der Waals surface area contributed by atoms with E-state index in [0.717, 1.165) is 76.5 Å². The number of hydrogen-bond acceptors (Lipinski definition) is 4. The predicted octanol–water partition coefficient (Wildman–Crippen LogP) is 8.27. The van der Waals surface area contributed by atoms with Crippen LogP contribution in [0.2, 0.25) is 0 Å². The van der Waals surface area contributed by atoms with Crippen LogP contribution < -0.4 is 0 Å². The van der Waals surface area contributed by atoms with Crippen molar-refractivity contribution >= 4 is 5.78 Å². The van der Waals surface area contributed by atoms with Crippen molar-refractivity contribution in [2.45, 2.75) is 141 Å². The summed E-state index contributed by atoms with van der Waals surface area (Å²) in [6.45, 7) is 6.73. The minimum Gasteiger partial charge on any atom is -0.508 e. The van der Waals surface area contributed by atoms with Gasteiger partial charge in [0.05, 0.1) is 5.60 Å². The molecule has 5 saturated carbocycles. The third-order valence-electron chi connectivity index (χ3n) is 15.6. The van der Waals surface area contributed by atoms with E-state index in [-0.39, 0.29) is 10.8 Å². The second-order valence-corrected chi connectivity index (χ2v) is 16.6. The van der Waals surface area contributed by atoms with Gasteiger partial charge in [0, 0.05) is 11.8 Å². The van der Waals surface area contributed by atoms with E-state index in [1.54, 1.807) is 0 Å². The molecule has 0 saturated heterocycles. The summed E-state index contributed by atoms with van der Waals surface area (Å²) >= 11 is 0. The summed E-state index contributed by atoms with van der Waals surface area (Å²) in [7, 11) is 0. The minimum absolute atomic E-state index is 0.0609. The van der Waals surface area contributed by atoms with Crippen LogP contribution in [0.3, 0.4) is 0 Å². The van der Waals surface area contributed by atoms with Gasteiger partial charge in [0.1, 0.15) is 11.4 Å². The smallest absolute Gasteiger partial charge is 0.155 e. The van der Waals surface area contributed by atoms with E-state index in [1.165, 1.54) is 48.8 Å². The first-order chi connectivity index (χ1) is 21.5. The van der Waals surface area contributed by atoms with Gasteiger partial charge >= 0.3 is 0 Å². The fraction of sp³-hybridized carbons (Fsp3) is 0.732. The van der Waals surface area contributed by atoms with Gasteiger partial charge in [-0.2, -0.15) is 0 Å². The number of aromatic hydroxyl groups is 1. The standard InChI is InChI=1S/C21H28O2.C20H28O2/c1-3-20-11-9-17-16-8-6-15(22)13-14(16)5-7-18(17)19(20)10-12-21(20,23)4-2;1-3-20(22)11-9-18-17-6-4-13-12-14(21)5-7-15(13)16(17)8-10-19(18,20)2/h2,13,16-19,23H,3,5-12H2,1H3;5,7,12,16-18,21-22H,3-4,6,8-11H2,1-2H3/t16-,17+,18+,19-,20-,21-;16-,17-,18+,19+,20+/m01/s1. The zero-order valence-corrected chi connectivity index (χ0v) is 28.0. The average molecular weight is 613 g/mol. The van der Waals surface area contributed by atoms with Gasteiger partial charge in [-0.1, -0.05) is 38.3 Å².